The number of halogens is 1. The van der Waals surface area contributed by atoms with Gasteiger partial charge in [-0.15, -0.1) is 0 Å². The van der Waals surface area contributed by atoms with Crippen molar-refractivity contribution in [3.8, 4) is 6.07 Å². The number of anilines is 1. The summed E-state index contributed by atoms with van der Waals surface area (Å²) in [4.78, 5) is 11.1. The van der Waals surface area contributed by atoms with Crippen LogP contribution in [-0.2, 0) is 4.79 Å². The van der Waals surface area contributed by atoms with Gasteiger partial charge < -0.3 is 10.4 Å². The van der Waals surface area contributed by atoms with Crippen LogP contribution in [0, 0.1) is 35.9 Å². The van der Waals surface area contributed by atoms with Crippen molar-refractivity contribution in [2.24, 2.45) is 11.8 Å². The van der Waals surface area contributed by atoms with E-state index >= 15 is 0 Å². The van der Waals surface area contributed by atoms with E-state index in [0.29, 0.717) is 17.8 Å². The average molecular weight is 262 g/mol. The van der Waals surface area contributed by atoms with Gasteiger partial charge in [0.1, 0.15) is 11.9 Å². The second kappa shape index (κ2) is 5.27. The summed E-state index contributed by atoms with van der Waals surface area (Å²) in [6.07, 6.45) is 1.90. The number of nitrogens with one attached hydrogen (secondary N) is 1. The summed E-state index contributed by atoms with van der Waals surface area (Å²) in [7, 11) is 0. The Morgan fingerprint density at radius 2 is 2.32 bits per heavy atom. The Labute approximate surface area is 110 Å². The molecule has 0 heterocycles. The molecule has 4 nitrogen and oxygen atoms in total. The van der Waals surface area contributed by atoms with Gasteiger partial charge >= 0.3 is 5.97 Å². The summed E-state index contributed by atoms with van der Waals surface area (Å²) < 4.78 is 13.4. The molecule has 0 bridgehead atoms. The van der Waals surface area contributed by atoms with E-state index in [0.717, 1.165) is 12.8 Å². The highest BCUT2D eigenvalue weighted by molar-refractivity contribution is 5.72. The molecule has 1 aliphatic rings. The molecule has 1 aliphatic carbocycles. The highest BCUT2D eigenvalue weighted by atomic mass is 19.1. The highest BCUT2D eigenvalue weighted by Gasteiger charge is 2.35. The van der Waals surface area contributed by atoms with Gasteiger partial charge in [-0.25, -0.2) is 4.39 Å². The maximum Gasteiger partial charge on any atom is 0.308 e. The van der Waals surface area contributed by atoms with Gasteiger partial charge in [0.2, 0.25) is 0 Å². The fraction of sp³-hybridized carbons (Fsp3) is 0.429. The lowest BCUT2D eigenvalue weighted by Crippen LogP contribution is -2.25. The van der Waals surface area contributed by atoms with Crippen molar-refractivity contribution in [1.82, 2.24) is 0 Å². The Kier molecular flexibility index (Phi) is 3.70. The highest BCUT2D eigenvalue weighted by Crippen LogP contribution is 2.37. The van der Waals surface area contributed by atoms with Crippen molar-refractivity contribution >= 4 is 11.7 Å². The van der Waals surface area contributed by atoms with Crippen LogP contribution in [0.25, 0.3) is 0 Å². The Bertz CT molecular complexity index is 547. The number of aryl methyl sites for hydroxylation is 1. The first-order valence-corrected chi connectivity index (χ1v) is 6.20. The normalized spacial score (nSPS) is 15.6. The lowest BCUT2D eigenvalue weighted by atomic mass is 10.0. The molecule has 0 aromatic heterocycles. The standard InChI is InChI=1S/C14H15FN2O2/c1-8-4-12(15)10(6-16)5-13(8)17-7-11(14(18)19)9-2-3-9/h4-5,9,11,17H,2-3,7H2,1H3,(H,18,19). The van der Waals surface area contributed by atoms with Crippen LogP contribution in [0.2, 0.25) is 0 Å². The third kappa shape index (κ3) is 3.02. The lowest BCUT2D eigenvalue weighted by Gasteiger charge is -2.15. The zero-order valence-electron chi connectivity index (χ0n) is 10.6. The number of aliphatic carboxylic acids is 1. The molecule has 1 aromatic rings. The van der Waals surface area contributed by atoms with Crippen LogP contribution in [0.5, 0.6) is 0 Å². The van der Waals surface area contributed by atoms with E-state index in [2.05, 4.69) is 5.32 Å². The van der Waals surface area contributed by atoms with Crippen LogP contribution in [0.4, 0.5) is 10.1 Å². The molecule has 100 valence electrons. The lowest BCUT2D eigenvalue weighted by molar-refractivity contribution is -0.141. The maximum atomic E-state index is 13.4. The molecule has 2 N–H and O–H groups in total. The molecule has 1 atom stereocenters. The van der Waals surface area contributed by atoms with Gasteiger partial charge in [0.25, 0.3) is 0 Å². The molecule has 0 aliphatic heterocycles. The van der Waals surface area contributed by atoms with Crippen molar-refractivity contribution < 1.29 is 14.3 Å². The molecular formula is C14H15FN2O2. The van der Waals surface area contributed by atoms with E-state index < -0.39 is 17.7 Å². The Morgan fingerprint density at radius 3 is 2.84 bits per heavy atom. The molecule has 5 heteroatoms. The van der Waals surface area contributed by atoms with E-state index in [4.69, 9.17) is 10.4 Å². The minimum Gasteiger partial charge on any atom is -0.481 e. The van der Waals surface area contributed by atoms with Gasteiger partial charge in [-0.2, -0.15) is 5.26 Å². The summed E-state index contributed by atoms with van der Waals surface area (Å²) in [5, 5.41) is 20.9. The van der Waals surface area contributed by atoms with Crippen molar-refractivity contribution in [3.63, 3.8) is 0 Å². The van der Waals surface area contributed by atoms with Crippen LogP contribution < -0.4 is 5.32 Å². The largest absolute Gasteiger partial charge is 0.481 e. The van der Waals surface area contributed by atoms with Gasteiger partial charge in [-0.1, -0.05) is 0 Å². The number of nitrogens with zero attached hydrogens (tertiary/aromatic N) is 1. The summed E-state index contributed by atoms with van der Waals surface area (Å²) >= 11 is 0. The smallest absolute Gasteiger partial charge is 0.308 e. The quantitative estimate of drug-likeness (QED) is 0.855. The van der Waals surface area contributed by atoms with Crippen molar-refractivity contribution in [1.29, 1.82) is 5.26 Å². The van der Waals surface area contributed by atoms with E-state index in [9.17, 15) is 9.18 Å². The van der Waals surface area contributed by atoms with E-state index in [1.165, 1.54) is 12.1 Å². The summed E-state index contributed by atoms with van der Waals surface area (Å²) in [6.45, 7) is 2.02. The third-order valence-electron chi connectivity index (χ3n) is 3.46. The molecule has 1 unspecified atom stereocenters. The first-order valence-electron chi connectivity index (χ1n) is 6.20. The van der Waals surface area contributed by atoms with Crippen LogP contribution >= 0.6 is 0 Å². The van der Waals surface area contributed by atoms with Crippen LogP contribution in [0.15, 0.2) is 12.1 Å². The first-order chi connectivity index (χ1) is 9.02. The molecule has 1 saturated carbocycles. The fourth-order valence-corrected chi connectivity index (χ4v) is 2.12. The SMILES string of the molecule is Cc1cc(F)c(C#N)cc1NCC(C(=O)O)C1CC1. The molecule has 0 spiro atoms. The molecule has 19 heavy (non-hydrogen) atoms. The van der Waals surface area contributed by atoms with Crippen LogP contribution in [0.1, 0.15) is 24.0 Å². The van der Waals surface area contributed by atoms with Gasteiger partial charge in [-0.3, -0.25) is 4.79 Å². The zero-order chi connectivity index (χ0) is 14.0. The zero-order valence-corrected chi connectivity index (χ0v) is 10.6. The summed E-state index contributed by atoms with van der Waals surface area (Å²) in [5.41, 5.74) is 1.24. The monoisotopic (exact) mass is 262 g/mol. The van der Waals surface area contributed by atoms with E-state index in [1.54, 1.807) is 13.0 Å². The maximum absolute atomic E-state index is 13.4. The number of carbonyl (C=O) groups is 1. The van der Waals surface area contributed by atoms with Gasteiger partial charge in [0.05, 0.1) is 11.5 Å². The number of hydrogen-bond acceptors (Lipinski definition) is 3. The predicted molar refractivity (Wildman–Crippen MR) is 68.2 cm³/mol. The molecule has 0 amide bonds. The van der Waals surface area contributed by atoms with Crippen LogP contribution in [-0.4, -0.2) is 17.6 Å². The second-order valence-electron chi connectivity index (χ2n) is 4.92. The topological polar surface area (TPSA) is 73.1 Å². The average Bonchev–Trinajstić information content (AvgIpc) is 3.16. The van der Waals surface area contributed by atoms with Crippen molar-refractivity contribution in [2.45, 2.75) is 19.8 Å². The number of carboxylic acid groups (broad SMARTS) is 1. The Morgan fingerprint density at radius 1 is 1.63 bits per heavy atom. The number of carboxylic acids is 1. The molecule has 0 radical (unpaired) electrons. The minimum absolute atomic E-state index is 0.0357. The predicted octanol–water partition coefficient (Wildman–Crippen LogP) is 2.53. The van der Waals surface area contributed by atoms with E-state index in [-0.39, 0.29) is 11.5 Å². The molecule has 0 saturated heterocycles. The summed E-state index contributed by atoms with van der Waals surface area (Å²) in [6, 6.07) is 4.49. The number of benzene rings is 1. The summed E-state index contributed by atoms with van der Waals surface area (Å²) in [5.74, 6) is -1.55. The Balaban J connectivity index is 2.10. The second-order valence-corrected chi connectivity index (χ2v) is 4.92. The molecule has 2 rings (SSSR count). The van der Waals surface area contributed by atoms with Gasteiger partial charge in [0, 0.05) is 12.2 Å². The Hall–Kier alpha value is -2.09. The number of hydrogen-bond donors (Lipinski definition) is 2. The first kappa shape index (κ1) is 13.3. The van der Waals surface area contributed by atoms with E-state index in [1.807, 2.05) is 0 Å². The third-order valence-corrected chi connectivity index (χ3v) is 3.46. The minimum atomic E-state index is -0.810. The van der Waals surface area contributed by atoms with Gasteiger partial charge in [0.15, 0.2) is 0 Å². The fourth-order valence-electron chi connectivity index (χ4n) is 2.12. The van der Waals surface area contributed by atoms with Gasteiger partial charge in [-0.05, 0) is 43.4 Å². The van der Waals surface area contributed by atoms with Crippen molar-refractivity contribution in [3.05, 3.63) is 29.1 Å². The number of rotatable bonds is 5. The molecular weight excluding hydrogens is 247 g/mol. The van der Waals surface area contributed by atoms with Crippen molar-refractivity contribution in [2.75, 3.05) is 11.9 Å². The molecule has 1 aromatic carbocycles. The number of nitriles is 1. The van der Waals surface area contributed by atoms with Crippen LogP contribution in [0.3, 0.4) is 0 Å². The molecule has 1 fully saturated rings.